The summed E-state index contributed by atoms with van der Waals surface area (Å²) in [6.45, 7) is 5.79. The van der Waals surface area contributed by atoms with Gasteiger partial charge in [0.15, 0.2) is 0 Å². The van der Waals surface area contributed by atoms with Gasteiger partial charge in [-0.25, -0.2) is 4.79 Å². The summed E-state index contributed by atoms with van der Waals surface area (Å²) in [5.74, 6) is 0.0465. The number of nitrogens with two attached hydrogens (primary N) is 1. The molecule has 0 aliphatic carbocycles. The Morgan fingerprint density at radius 3 is 2.50 bits per heavy atom. The summed E-state index contributed by atoms with van der Waals surface area (Å²) in [4.78, 5) is 11.8. The van der Waals surface area contributed by atoms with Gasteiger partial charge in [-0.2, -0.15) is 0 Å². The lowest BCUT2D eigenvalue weighted by atomic mass is 10.0. The molecule has 0 aliphatic heterocycles. The molecule has 0 atom stereocenters. The van der Waals surface area contributed by atoms with Crippen LogP contribution < -0.4 is 10.5 Å². The highest BCUT2D eigenvalue weighted by Crippen LogP contribution is 2.31. The van der Waals surface area contributed by atoms with Gasteiger partial charge >= 0.3 is 5.97 Å². The summed E-state index contributed by atoms with van der Waals surface area (Å²) in [5.41, 5.74) is 8.34. The Labute approximate surface area is 95.3 Å². The van der Waals surface area contributed by atoms with Crippen molar-refractivity contribution in [2.75, 3.05) is 19.5 Å². The van der Waals surface area contributed by atoms with Crippen molar-refractivity contribution in [3.8, 4) is 5.75 Å². The van der Waals surface area contributed by atoms with Crippen LogP contribution in [0.25, 0.3) is 0 Å². The minimum absolute atomic E-state index is 0.314. The number of esters is 1. The molecule has 16 heavy (non-hydrogen) atoms. The summed E-state index contributed by atoms with van der Waals surface area (Å²) in [6.07, 6.45) is 0. The lowest BCUT2D eigenvalue weighted by molar-refractivity contribution is 0.0524. The minimum atomic E-state index is -0.441. The highest BCUT2D eigenvalue weighted by Gasteiger charge is 2.20. The molecule has 4 nitrogen and oxygen atoms in total. The van der Waals surface area contributed by atoms with E-state index in [1.54, 1.807) is 6.92 Å². The summed E-state index contributed by atoms with van der Waals surface area (Å²) < 4.78 is 10.2. The first-order chi connectivity index (χ1) is 7.52. The number of aryl methyl sites for hydroxylation is 2. The first-order valence-corrected chi connectivity index (χ1v) is 5.13. The maximum atomic E-state index is 11.8. The molecule has 2 N–H and O–H groups in total. The van der Waals surface area contributed by atoms with E-state index in [1.807, 2.05) is 19.9 Å². The maximum absolute atomic E-state index is 11.8. The number of ether oxygens (including phenoxy) is 2. The van der Waals surface area contributed by atoms with E-state index in [1.165, 1.54) is 7.11 Å². The van der Waals surface area contributed by atoms with Crippen LogP contribution >= 0.6 is 0 Å². The van der Waals surface area contributed by atoms with Gasteiger partial charge < -0.3 is 15.2 Å². The van der Waals surface area contributed by atoms with E-state index in [0.717, 1.165) is 11.1 Å². The molecule has 0 amide bonds. The fourth-order valence-corrected chi connectivity index (χ4v) is 1.65. The highest BCUT2D eigenvalue weighted by molar-refractivity contribution is 5.99. The molecule has 1 aromatic carbocycles. The third-order valence-corrected chi connectivity index (χ3v) is 2.40. The molecular formula is C12H17NO3. The van der Waals surface area contributed by atoms with E-state index >= 15 is 0 Å². The number of carbonyl (C=O) groups is 1. The predicted octanol–water partition coefficient (Wildman–Crippen LogP) is 2.07. The molecule has 0 aromatic heterocycles. The van der Waals surface area contributed by atoms with Crippen LogP contribution in [0.15, 0.2) is 6.07 Å². The van der Waals surface area contributed by atoms with E-state index in [4.69, 9.17) is 15.2 Å². The first-order valence-electron chi connectivity index (χ1n) is 5.13. The van der Waals surface area contributed by atoms with Crippen molar-refractivity contribution in [3.63, 3.8) is 0 Å². The van der Waals surface area contributed by atoms with Crippen LogP contribution in [0.4, 0.5) is 5.69 Å². The van der Waals surface area contributed by atoms with Gasteiger partial charge in [0.2, 0.25) is 0 Å². The Hall–Kier alpha value is -1.71. The number of benzene rings is 1. The van der Waals surface area contributed by atoms with Crippen LogP contribution in [-0.2, 0) is 4.74 Å². The van der Waals surface area contributed by atoms with Crippen LogP contribution in [0.3, 0.4) is 0 Å². The maximum Gasteiger partial charge on any atom is 0.344 e. The van der Waals surface area contributed by atoms with E-state index in [0.29, 0.717) is 23.6 Å². The molecule has 0 aliphatic rings. The van der Waals surface area contributed by atoms with Gasteiger partial charge in [0, 0.05) is 0 Å². The number of hydrogen-bond acceptors (Lipinski definition) is 4. The molecule has 0 saturated heterocycles. The largest absolute Gasteiger partial charge is 0.495 e. The predicted molar refractivity (Wildman–Crippen MR) is 62.8 cm³/mol. The van der Waals surface area contributed by atoms with E-state index in [9.17, 15) is 4.79 Å². The molecule has 0 spiro atoms. The number of carbonyl (C=O) groups excluding carboxylic acids is 1. The van der Waals surface area contributed by atoms with Crippen molar-refractivity contribution in [1.82, 2.24) is 0 Å². The average molecular weight is 223 g/mol. The zero-order valence-electron chi connectivity index (χ0n) is 10.1. The Bertz CT molecular complexity index is 413. The summed E-state index contributed by atoms with van der Waals surface area (Å²) in [5, 5.41) is 0. The highest BCUT2D eigenvalue weighted by atomic mass is 16.5. The molecule has 0 fully saturated rings. The first kappa shape index (κ1) is 12.4. The van der Waals surface area contributed by atoms with Gasteiger partial charge in [-0.05, 0) is 31.9 Å². The molecule has 0 unspecified atom stereocenters. The van der Waals surface area contributed by atoms with Gasteiger partial charge in [0.25, 0.3) is 0 Å². The van der Waals surface area contributed by atoms with Crippen LogP contribution in [0, 0.1) is 13.8 Å². The Morgan fingerprint density at radius 1 is 1.38 bits per heavy atom. The van der Waals surface area contributed by atoms with Crippen molar-refractivity contribution in [2.45, 2.75) is 20.8 Å². The fraction of sp³-hybridized carbons (Fsp3) is 0.417. The Kier molecular flexibility index (Phi) is 3.77. The third-order valence-electron chi connectivity index (χ3n) is 2.40. The Morgan fingerprint density at radius 2 is 2.00 bits per heavy atom. The second kappa shape index (κ2) is 4.88. The lowest BCUT2D eigenvalue weighted by Crippen LogP contribution is -2.12. The lowest BCUT2D eigenvalue weighted by Gasteiger charge is -2.14. The van der Waals surface area contributed by atoms with Crippen LogP contribution in [0.2, 0.25) is 0 Å². The molecular weight excluding hydrogens is 206 g/mol. The second-order valence-corrected chi connectivity index (χ2v) is 3.55. The average Bonchev–Trinajstić information content (AvgIpc) is 2.23. The third kappa shape index (κ3) is 2.10. The molecule has 0 saturated carbocycles. The van der Waals surface area contributed by atoms with Gasteiger partial charge in [-0.3, -0.25) is 0 Å². The number of nitrogen functional groups attached to an aromatic ring is 1. The zero-order valence-corrected chi connectivity index (χ0v) is 10.1. The van der Waals surface area contributed by atoms with Crippen LogP contribution in [-0.4, -0.2) is 19.7 Å². The topological polar surface area (TPSA) is 61.5 Å². The summed E-state index contributed by atoms with van der Waals surface area (Å²) in [7, 11) is 1.51. The van der Waals surface area contributed by atoms with Gasteiger partial charge in [0.1, 0.15) is 11.3 Å². The quantitative estimate of drug-likeness (QED) is 0.629. The number of methoxy groups -OCH3 is 1. The second-order valence-electron chi connectivity index (χ2n) is 3.55. The number of hydrogen-bond donors (Lipinski definition) is 1. The van der Waals surface area contributed by atoms with Crippen molar-refractivity contribution in [3.05, 3.63) is 22.8 Å². The Balaban J connectivity index is 3.38. The van der Waals surface area contributed by atoms with Gasteiger partial charge in [-0.15, -0.1) is 0 Å². The number of rotatable bonds is 3. The number of anilines is 1. The van der Waals surface area contributed by atoms with Crippen LogP contribution in [0.1, 0.15) is 28.4 Å². The normalized spacial score (nSPS) is 10.0. The standard InChI is InChI=1S/C12H17NO3/c1-5-16-12(14)9-10(13)7(2)6-8(3)11(9)15-4/h6H,5,13H2,1-4H3. The monoisotopic (exact) mass is 223 g/mol. The SMILES string of the molecule is CCOC(=O)c1c(N)c(C)cc(C)c1OC. The van der Waals surface area contributed by atoms with Crippen molar-refractivity contribution in [2.24, 2.45) is 0 Å². The van der Waals surface area contributed by atoms with Crippen molar-refractivity contribution < 1.29 is 14.3 Å². The smallest absolute Gasteiger partial charge is 0.344 e. The molecule has 1 rings (SSSR count). The molecule has 0 bridgehead atoms. The van der Waals surface area contributed by atoms with Crippen molar-refractivity contribution in [1.29, 1.82) is 0 Å². The zero-order chi connectivity index (χ0) is 12.3. The van der Waals surface area contributed by atoms with Gasteiger partial charge in [-0.1, -0.05) is 6.07 Å². The fourth-order valence-electron chi connectivity index (χ4n) is 1.65. The summed E-state index contributed by atoms with van der Waals surface area (Å²) in [6, 6.07) is 1.89. The minimum Gasteiger partial charge on any atom is -0.495 e. The van der Waals surface area contributed by atoms with Gasteiger partial charge in [0.05, 0.1) is 19.4 Å². The van der Waals surface area contributed by atoms with Crippen molar-refractivity contribution >= 4 is 11.7 Å². The molecule has 1 aromatic rings. The van der Waals surface area contributed by atoms with E-state index in [2.05, 4.69) is 0 Å². The van der Waals surface area contributed by atoms with Crippen LogP contribution in [0.5, 0.6) is 5.75 Å². The van der Waals surface area contributed by atoms with E-state index in [-0.39, 0.29) is 0 Å². The molecule has 0 heterocycles. The molecule has 88 valence electrons. The molecule has 0 radical (unpaired) electrons. The van der Waals surface area contributed by atoms with E-state index < -0.39 is 5.97 Å². The molecule has 4 heteroatoms. The summed E-state index contributed by atoms with van der Waals surface area (Å²) >= 11 is 0.